The first kappa shape index (κ1) is 16.0. The molecule has 0 bridgehead atoms. The average molecular weight is 364 g/mol. The Balaban J connectivity index is 1.96. The van der Waals surface area contributed by atoms with Crippen LogP contribution in [-0.2, 0) is 4.79 Å². The van der Waals surface area contributed by atoms with Gasteiger partial charge in [0.2, 0.25) is 0 Å². The summed E-state index contributed by atoms with van der Waals surface area (Å²) in [4.78, 5) is 22.8. The molecule has 0 spiro atoms. The molecule has 0 aliphatic heterocycles. The third-order valence-electron chi connectivity index (χ3n) is 2.81. The van der Waals surface area contributed by atoms with Crippen LogP contribution in [-0.4, -0.2) is 25.9 Å². The van der Waals surface area contributed by atoms with Crippen LogP contribution < -0.4 is 14.8 Å². The predicted octanol–water partition coefficient (Wildman–Crippen LogP) is 3.29. The second kappa shape index (κ2) is 7.61. The summed E-state index contributed by atoms with van der Waals surface area (Å²) in [5, 5.41) is 2.69. The summed E-state index contributed by atoms with van der Waals surface area (Å²) < 4.78 is 11.2. The Bertz CT molecular complexity index is 688. The maximum atomic E-state index is 11.9. The Kier molecular flexibility index (Phi) is 5.55. The molecule has 0 aliphatic rings. The van der Waals surface area contributed by atoms with Crippen molar-refractivity contribution in [2.24, 2.45) is 0 Å². The first-order valence-corrected chi connectivity index (χ1v) is 7.23. The Hall–Kier alpha value is -2.34. The smallest absolute Gasteiger partial charge is 0.262 e. The zero-order chi connectivity index (χ0) is 15.9. The van der Waals surface area contributed by atoms with Crippen LogP contribution in [0.1, 0.15) is 10.4 Å². The van der Waals surface area contributed by atoms with Crippen molar-refractivity contribution in [1.29, 1.82) is 0 Å². The molecule has 0 aliphatic carbocycles. The fourth-order valence-electron chi connectivity index (χ4n) is 1.78. The molecule has 0 aromatic heterocycles. The summed E-state index contributed by atoms with van der Waals surface area (Å²) in [5.74, 6) is 0.682. The number of carbonyl (C=O) groups is 2. The third-order valence-corrected chi connectivity index (χ3v) is 3.30. The Morgan fingerprint density at radius 2 is 2.09 bits per heavy atom. The van der Waals surface area contributed by atoms with E-state index in [2.05, 4.69) is 21.2 Å². The van der Waals surface area contributed by atoms with Crippen LogP contribution in [0.3, 0.4) is 0 Å². The average Bonchev–Trinajstić information content (AvgIpc) is 2.53. The molecule has 0 heterocycles. The van der Waals surface area contributed by atoms with Gasteiger partial charge in [-0.25, -0.2) is 0 Å². The minimum atomic E-state index is -0.326. The monoisotopic (exact) mass is 363 g/mol. The Morgan fingerprint density at radius 3 is 2.82 bits per heavy atom. The van der Waals surface area contributed by atoms with Crippen molar-refractivity contribution in [1.82, 2.24) is 0 Å². The second-order valence-electron chi connectivity index (χ2n) is 4.37. The molecule has 0 saturated heterocycles. The van der Waals surface area contributed by atoms with Gasteiger partial charge in [-0.1, -0.05) is 22.0 Å². The maximum absolute atomic E-state index is 11.9. The summed E-state index contributed by atoms with van der Waals surface area (Å²) in [6.45, 7) is -0.195. The van der Waals surface area contributed by atoms with Gasteiger partial charge in [0.25, 0.3) is 5.91 Å². The van der Waals surface area contributed by atoms with E-state index in [4.69, 9.17) is 9.47 Å². The first-order chi connectivity index (χ1) is 10.6. The van der Waals surface area contributed by atoms with Crippen LogP contribution in [0.4, 0.5) is 5.69 Å². The quantitative estimate of drug-likeness (QED) is 0.799. The van der Waals surface area contributed by atoms with Crippen LogP contribution in [0.15, 0.2) is 46.9 Å². The van der Waals surface area contributed by atoms with Crippen molar-refractivity contribution in [2.45, 2.75) is 0 Å². The number of ether oxygens (including phenoxy) is 2. The lowest BCUT2D eigenvalue weighted by Crippen LogP contribution is -2.20. The van der Waals surface area contributed by atoms with Gasteiger partial charge in [-0.2, -0.15) is 0 Å². The largest absolute Gasteiger partial charge is 0.497 e. The number of aldehydes is 1. The van der Waals surface area contributed by atoms with Crippen LogP contribution >= 0.6 is 15.9 Å². The second-order valence-corrected chi connectivity index (χ2v) is 5.28. The molecule has 1 N–H and O–H groups in total. The van der Waals surface area contributed by atoms with Crippen molar-refractivity contribution >= 4 is 33.8 Å². The van der Waals surface area contributed by atoms with E-state index >= 15 is 0 Å². The number of nitrogens with one attached hydrogen (secondary N) is 1. The molecule has 0 radical (unpaired) electrons. The lowest BCUT2D eigenvalue weighted by Gasteiger charge is -2.10. The van der Waals surface area contributed by atoms with Gasteiger partial charge in [0, 0.05) is 16.2 Å². The van der Waals surface area contributed by atoms with Crippen molar-refractivity contribution in [3.8, 4) is 11.5 Å². The molecule has 5 nitrogen and oxygen atoms in total. The van der Waals surface area contributed by atoms with Gasteiger partial charge < -0.3 is 14.8 Å². The van der Waals surface area contributed by atoms with Crippen LogP contribution in [0, 0.1) is 0 Å². The van der Waals surface area contributed by atoms with Crippen LogP contribution in [0.5, 0.6) is 11.5 Å². The van der Waals surface area contributed by atoms with E-state index in [1.165, 1.54) is 0 Å². The van der Waals surface area contributed by atoms with Crippen molar-refractivity contribution in [2.75, 3.05) is 19.0 Å². The summed E-state index contributed by atoms with van der Waals surface area (Å²) in [6.07, 6.45) is 0.681. The van der Waals surface area contributed by atoms with Gasteiger partial charge in [-0.3, -0.25) is 9.59 Å². The lowest BCUT2D eigenvalue weighted by molar-refractivity contribution is -0.118. The lowest BCUT2D eigenvalue weighted by atomic mass is 10.2. The van der Waals surface area contributed by atoms with E-state index in [0.717, 1.165) is 4.47 Å². The van der Waals surface area contributed by atoms with Crippen LogP contribution in [0.2, 0.25) is 0 Å². The molecule has 1 amide bonds. The SMILES string of the molecule is COc1cccc(NC(=O)COc2ccc(Br)cc2C=O)c1. The molecule has 6 heteroatoms. The van der Waals surface area contributed by atoms with E-state index in [9.17, 15) is 9.59 Å². The third kappa shape index (κ3) is 4.33. The van der Waals surface area contributed by atoms with Gasteiger partial charge in [-0.15, -0.1) is 0 Å². The molecule has 114 valence electrons. The normalized spacial score (nSPS) is 9.91. The number of benzene rings is 2. The molecule has 2 rings (SSSR count). The molecule has 0 unspecified atom stereocenters. The van der Waals surface area contributed by atoms with Crippen molar-refractivity contribution in [3.63, 3.8) is 0 Å². The molecule has 2 aromatic rings. The Labute approximate surface area is 136 Å². The van der Waals surface area contributed by atoms with Crippen molar-refractivity contribution < 1.29 is 19.1 Å². The molecule has 0 atom stereocenters. The van der Waals surface area contributed by atoms with Gasteiger partial charge in [0.1, 0.15) is 11.5 Å². The number of amides is 1. The van der Waals surface area contributed by atoms with E-state index in [-0.39, 0.29) is 12.5 Å². The molecule has 2 aromatic carbocycles. The highest BCUT2D eigenvalue weighted by atomic mass is 79.9. The standard InChI is InChI=1S/C16H14BrNO4/c1-21-14-4-2-3-13(8-14)18-16(20)10-22-15-6-5-12(17)7-11(15)9-19/h2-9H,10H2,1H3,(H,18,20). The predicted molar refractivity (Wildman–Crippen MR) is 86.6 cm³/mol. The van der Waals surface area contributed by atoms with E-state index < -0.39 is 0 Å². The van der Waals surface area contributed by atoms with Crippen LogP contribution in [0.25, 0.3) is 0 Å². The van der Waals surface area contributed by atoms with Gasteiger partial charge >= 0.3 is 0 Å². The minimum Gasteiger partial charge on any atom is -0.497 e. The molecule has 0 fully saturated rings. The number of methoxy groups -OCH3 is 1. The number of halogens is 1. The van der Waals surface area contributed by atoms with Gasteiger partial charge in [-0.05, 0) is 30.3 Å². The highest BCUT2D eigenvalue weighted by Gasteiger charge is 2.08. The Morgan fingerprint density at radius 1 is 1.27 bits per heavy atom. The maximum Gasteiger partial charge on any atom is 0.262 e. The summed E-state index contributed by atoms with van der Waals surface area (Å²) in [5.41, 5.74) is 0.989. The fraction of sp³-hybridized carbons (Fsp3) is 0.125. The van der Waals surface area contributed by atoms with E-state index in [1.807, 2.05) is 0 Å². The number of carbonyl (C=O) groups excluding carboxylic acids is 2. The van der Waals surface area contributed by atoms with Gasteiger partial charge in [0.05, 0.1) is 12.7 Å². The molecular formula is C16H14BrNO4. The van der Waals surface area contributed by atoms with E-state index in [0.29, 0.717) is 29.0 Å². The summed E-state index contributed by atoms with van der Waals surface area (Å²) >= 11 is 3.27. The fourth-order valence-corrected chi connectivity index (χ4v) is 2.16. The first-order valence-electron chi connectivity index (χ1n) is 6.44. The number of hydrogen-bond donors (Lipinski definition) is 1. The highest BCUT2D eigenvalue weighted by Crippen LogP contribution is 2.22. The van der Waals surface area contributed by atoms with E-state index in [1.54, 1.807) is 49.6 Å². The minimum absolute atomic E-state index is 0.195. The highest BCUT2D eigenvalue weighted by molar-refractivity contribution is 9.10. The zero-order valence-corrected chi connectivity index (χ0v) is 13.4. The molecule has 0 saturated carbocycles. The number of rotatable bonds is 6. The topological polar surface area (TPSA) is 64.6 Å². The number of hydrogen-bond acceptors (Lipinski definition) is 4. The molecule has 22 heavy (non-hydrogen) atoms. The molecular weight excluding hydrogens is 350 g/mol. The van der Waals surface area contributed by atoms with Crippen molar-refractivity contribution in [3.05, 3.63) is 52.5 Å². The summed E-state index contributed by atoms with van der Waals surface area (Å²) in [7, 11) is 1.55. The summed E-state index contributed by atoms with van der Waals surface area (Å²) in [6, 6.07) is 12.0. The van der Waals surface area contributed by atoms with Gasteiger partial charge in [0.15, 0.2) is 12.9 Å². The number of anilines is 1. The zero-order valence-electron chi connectivity index (χ0n) is 11.8.